The van der Waals surface area contributed by atoms with E-state index in [1.54, 1.807) is 37.4 Å². The largest absolute Gasteiger partial charge is 0.490 e. The second-order valence-corrected chi connectivity index (χ2v) is 7.31. The van der Waals surface area contributed by atoms with Crippen molar-refractivity contribution in [2.75, 3.05) is 44.5 Å². The third kappa shape index (κ3) is 6.13. The van der Waals surface area contributed by atoms with E-state index in [1.807, 2.05) is 12.1 Å². The summed E-state index contributed by atoms with van der Waals surface area (Å²) in [4.78, 5) is 25.5. The average Bonchev–Trinajstić information content (AvgIpc) is 2.97. The first-order valence-corrected chi connectivity index (χ1v) is 10.3. The molecule has 8 heteroatoms. The zero-order valence-electron chi connectivity index (χ0n) is 16.2. The van der Waals surface area contributed by atoms with Crippen LogP contribution in [-0.4, -0.2) is 51.0 Å². The van der Waals surface area contributed by atoms with Crippen molar-refractivity contribution in [2.45, 2.75) is 11.3 Å². The van der Waals surface area contributed by atoms with Crippen LogP contribution in [0.2, 0.25) is 0 Å². The van der Waals surface area contributed by atoms with Gasteiger partial charge in [0.1, 0.15) is 0 Å². The van der Waals surface area contributed by atoms with Crippen LogP contribution in [0.5, 0.6) is 11.5 Å². The first-order valence-electron chi connectivity index (χ1n) is 9.36. The molecule has 3 rings (SSSR count). The number of ether oxygens (including phenoxy) is 3. The van der Waals surface area contributed by atoms with Gasteiger partial charge < -0.3 is 24.8 Å². The van der Waals surface area contributed by atoms with Crippen LogP contribution in [0.1, 0.15) is 16.8 Å². The van der Waals surface area contributed by atoms with Crippen LogP contribution in [0.25, 0.3) is 0 Å². The predicted molar refractivity (Wildman–Crippen MR) is 112 cm³/mol. The summed E-state index contributed by atoms with van der Waals surface area (Å²) in [5.41, 5.74) is 1.13. The zero-order chi connectivity index (χ0) is 20.5. The Morgan fingerprint density at radius 1 is 1.10 bits per heavy atom. The number of thioether (sulfide) groups is 1. The molecule has 1 heterocycles. The fourth-order valence-electron chi connectivity index (χ4n) is 2.71. The van der Waals surface area contributed by atoms with Crippen molar-refractivity contribution in [1.29, 1.82) is 0 Å². The summed E-state index contributed by atoms with van der Waals surface area (Å²) in [5.74, 6) is 1.16. The van der Waals surface area contributed by atoms with E-state index in [4.69, 9.17) is 14.2 Å². The topological polar surface area (TPSA) is 85.9 Å². The molecule has 29 heavy (non-hydrogen) atoms. The molecule has 0 bridgehead atoms. The Hall–Kier alpha value is -2.71. The summed E-state index contributed by atoms with van der Waals surface area (Å²) >= 11 is 1.32. The summed E-state index contributed by atoms with van der Waals surface area (Å²) in [6, 6.07) is 12.5. The van der Waals surface area contributed by atoms with E-state index in [9.17, 15) is 9.59 Å². The number of methoxy groups -OCH3 is 1. The molecule has 0 atom stereocenters. The minimum absolute atomic E-state index is 0.106. The Morgan fingerprint density at radius 2 is 1.90 bits per heavy atom. The molecule has 2 aromatic rings. The summed E-state index contributed by atoms with van der Waals surface area (Å²) in [6.45, 7) is 2.12. The molecule has 0 radical (unpaired) electrons. The van der Waals surface area contributed by atoms with Gasteiger partial charge in [-0.3, -0.25) is 9.59 Å². The molecule has 7 nitrogen and oxygen atoms in total. The van der Waals surface area contributed by atoms with Crippen molar-refractivity contribution >= 4 is 29.3 Å². The lowest BCUT2D eigenvalue weighted by atomic mass is 10.2. The highest BCUT2D eigenvalue weighted by atomic mass is 32.2. The van der Waals surface area contributed by atoms with Gasteiger partial charge in [0.15, 0.2) is 11.5 Å². The van der Waals surface area contributed by atoms with Gasteiger partial charge in [-0.2, -0.15) is 0 Å². The number of benzene rings is 2. The molecule has 1 aliphatic rings. The molecular formula is C21H24N2O5S. The highest BCUT2D eigenvalue weighted by Gasteiger charge is 2.15. The molecule has 2 aromatic carbocycles. The molecule has 0 fully saturated rings. The van der Waals surface area contributed by atoms with E-state index in [2.05, 4.69) is 10.6 Å². The zero-order valence-corrected chi connectivity index (χ0v) is 17.1. The van der Waals surface area contributed by atoms with Crippen LogP contribution < -0.4 is 20.1 Å². The second kappa shape index (κ2) is 10.7. The van der Waals surface area contributed by atoms with Crippen molar-refractivity contribution in [3.63, 3.8) is 0 Å². The third-order valence-electron chi connectivity index (χ3n) is 4.12. The van der Waals surface area contributed by atoms with Gasteiger partial charge in [-0.05, 0) is 24.3 Å². The van der Waals surface area contributed by atoms with Gasteiger partial charge in [0.25, 0.3) is 5.91 Å². The fourth-order valence-corrected chi connectivity index (χ4v) is 3.59. The number of fused-ring (bicyclic) bond motifs is 1. The maximum absolute atomic E-state index is 12.8. The Bertz CT molecular complexity index is 859. The van der Waals surface area contributed by atoms with Crippen molar-refractivity contribution in [3.05, 3.63) is 48.0 Å². The second-order valence-electron chi connectivity index (χ2n) is 6.29. The van der Waals surface area contributed by atoms with Crippen molar-refractivity contribution in [2.24, 2.45) is 0 Å². The van der Waals surface area contributed by atoms with E-state index in [-0.39, 0.29) is 17.6 Å². The third-order valence-corrected chi connectivity index (χ3v) is 5.20. The maximum Gasteiger partial charge on any atom is 0.256 e. The number of rotatable bonds is 8. The van der Waals surface area contributed by atoms with Crippen LogP contribution in [-0.2, 0) is 9.53 Å². The number of anilines is 1. The van der Waals surface area contributed by atoms with Gasteiger partial charge in [0.2, 0.25) is 5.91 Å². The first kappa shape index (κ1) is 21.0. The molecule has 1 aliphatic heterocycles. The smallest absolute Gasteiger partial charge is 0.256 e. The number of carbonyl (C=O) groups excluding carboxylic acids is 2. The van der Waals surface area contributed by atoms with Crippen LogP contribution in [0.3, 0.4) is 0 Å². The Morgan fingerprint density at radius 3 is 2.72 bits per heavy atom. The molecule has 154 valence electrons. The van der Waals surface area contributed by atoms with Crippen molar-refractivity contribution < 1.29 is 23.8 Å². The summed E-state index contributed by atoms with van der Waals surface area (Å²) in [6.07, 6.45) is 0.819. The maximum atomic E-state index is 12.8. The molecule has 2 amide bonds. The first-order chi connectivity index (χ1) is 14.2. The van der Waals surface area contributed by atoms with Crippen LogP contribution in [0.15, 0.2) is 47.4 Å². The Balaban J connectivity index is 1.64. The number of carbonyl (C=O) groups is 2. The highest BCUT2D eigenvalue weighted by Crippen LogP contribution is 2.32. The molecule has 2 N–H and O–H groups in total. The summed E-state index contributed by atoms with van der Waals surface area (Å²) < 4.78 is 16.2. The standard InChI is InChI=1S/C21H24N2O5S/c1-26-12-9-22-20(24)14-29-19-6-3-2-5-16(19)21(25)23-15-7-8-17-18(13-15)28-11-4-10-27-17/h2-3,5-8,13H,4,9-12,14H2,1H3,(H,22,24)(H,23,25). The van der Waals surface area contributed by atoms with Crippen LogP contribution >= 0.6 is 11.8 Å². The minimum Gasteiger partial charge on any atom is -0.490 e. The molecule has 0 saturated heterocycles. The van der Waals surface area contributed by atoms with Crippen molar-refractivity contribution in [1.82, 2.24) is 5.32 Å². The lowest BCUT2D eigenvalue weighted by Crippen LogP contribution is -2.28. The number of nitrogens with one attached hydrogen (secondary N) is 2. The quantitative estimate of drug-likeness (QED) is 0.508. The number of amides is 2. The molecule has 0 saturated carbocycles. The van der Waals surface area contributed by atoms with Crippen molar-refractivity contribution in [3.8, 4) is 11.5 Å². The van der Waals surface area contributed by atoms with Gasteiger partial charge in [0, 0.05) is 36.7 Å². The number of hydrogen-bond donors (Lipinski definition) is 2. The number of hydrogen-bond acceptors (Lipinski definition) is 6. The van der Waals surface area contributed by atoms with E-state index >= 15 is 0 Å². The van der Waals surface area contributed by atoms with Gasteiger partial charge in [0.05, 0.1) is 31.1 Å². The molecule has 0 aliphatic carbocycles. The SMILES string of the molecule is COCCNC(=O)CSc1ccccc1C(=O)Nc1ccc2c(c1)OCCCO2. The molecule has 0 unspecified atom stereocenters. The Kier molecular flexibility index (Phi) is 7.77. The van der Waals surface area contributed by atoms with Gasteiger partial charge in [-0.1, -0.05) is 12.1 Å². The predicted octanol–water partition coefficient (Wildman–Crippen LogP) is 2.95. The lowest BCUT2D eigenvalue weighted by molar-refractivity contribution is -0.118. The van der Waals surface area contributed by atoms with Crippen LogP contribution in [0, 0.1) is 0 Å². The van der Waals surface area contributed by atoms with Gasteiger partial charge in [-0.15, -0.1) is 11.8 Å². The minimum atomic E-state index is -0.248. The monoisotopic (exact) mass is 416 g/mol. The highest BCUT2D eigenvalue weighted by molar-refractivity contribution is 8.00. The molecule has 0 aromatic heterocycles. The van der Waals surface area contributed by atoms with E-state index in [0.29, 0.717) is 49.1 Å². The van der Waals surface area contributed by atoms with Gasteiger partial charge >= 0.3 is 0 Å². The normalized spacial score (nSPS) is 12.7. The Labute approximate surface area is 174 Å². The molecule has 0 spiro atoms. The fraction of sp³-hybridized carbons (Fsp3) is 0.333. The van der Waals surface area contributed by atoms with Gasteiger partial charge in [-0.25, -0.2) is 0 Å². The summed E-state index contributed by atoms with van der Waals surface area (Å²) in [7, 11) is 1.58. The van der Waals surface area contributed by atoms with E-state index in [0.717, 1.165) is 11.3 Å². The van der Waals surface area contributed by atoms with E-state index in [1.165, 1.54) is 11.8 Å². The van der Waals surface area contributed by atoms with E-state index < -0.39 is 0 Å². The average molecular weight is 416 g/mol. The lowest BCUT2D eigenvalue weighted by Gasteiger charge is -2.12. The van der Waals surface area contributed by atoms with Crippen LogP contribution in [0.4, 0.5) is 5.69 Å². The molecular weight excluding hydrogens is 392 g/mol. The summed E-state index contributed by atoms with van der Waals surface area (Å²) in [5, 5.41) is 5.66.